The van der Waals surface area contributed by atoms with Crippen molar-refractivity contribution in [2.24, 2.45) is 0 Å². The molecule has 0 atom stereocenters. The molecular weight excluding hydrogens is 377 g/mol. The van der Waals surface area contributed by atoms with Crippen LogP contribution in [0.2, 0.25) is 0 Å². The van der Waals surface area contributed by atoms with E-state index in [1.807, 2.05) is 0 Å². The van der Waals surface area contributed by atoms with Gasteiger partial charge in [-0.3, -0.25) is 9.59 Å². The molecule has 5 nitrogen and oxygen atoms in total. The number of thioether (sulfide) groups is 1. The average Bonchev–Trinajstić information content (AvgIpc) is 2.70. The molecule has 3 aromatic rings. The van der Waals surface area contributed by atoms with Crippen molar-refractivity contribution < 1.29 is 14.0 Å². The number of amides is 2. The third-order valence-corrected chi connectivity index (χ3v) is 4.79. The van der Waals surface area contributed by atoms with Crippen LogP contribution in [-0.4, -0.2) is 22.6 Å². The van der Waals surface area contributed by atoms with Gasteiger partial charge in [0.15, 0.2) is 0 Å². The summed E-state index contributed by atoms with van der Waals surface area (Å²) >= 11 is 1.29. The Balaban J connectivity index is 1.53. The Kier molecular flexibility index (Phi) is 6.75. The summed E-state index contributed by atoms with van der Waals surface area (Å²) in [6.45, 7) is 0. The van der Waals surface area contributed by atoms with Gasteiger partial charge in [0.25, 0.3) is 5.91 Å². The lowest BCUT2D eigenvalue weighted by molar-refractivity contribution is -0.115. The quantitative estimate of drug-likeness (QED) is 0.574. The van der Waals surface area contributed by atoms with E-state index in [9.17, 15) is 14.0 Å². The fourth-order valence-corrected chi connectivity index (χ4v) is 3.29. The van der Waals surface area contributed by atoms with Crippen molar-refractivity contribution in [3.8, 4) is 0 Å². The number of carbonyl (C=O) groups excluding carboxylic acids is 2. The Labute approximate surface area is 166 Å². The number of aromatic nitrogens is 1. The highest BCUT2D eigenvalue weighted by Crippen LogP contribution is 2.22. The lowest BCUT2D eigenvalue weighted by atomic mass is 10.2. The maximum Gasteiger partial charge on any atom is 0.256 e. The van der Waals surface area contributed by atoms with Gasteiger partial charge in [0, 0.05) is 34.5 Å². The Bertz CT molecular complexity index is 967. The molecule has 0 aliphatic heterocycles. The van der Waals surface area contributed by atoms with Crippen LogP contribution in [0.25, 0.3) is 0 Å². The van der Waals surface area contributed by atoms with E-state index in [2.05, 4.69) is 15.6 Å². The maximum atomic E-state index is 13.6. The van der Waals surface area contributed by atoms with Crippen molar-refractivity contribution >= 4 is 35.1 Å². The Hall–Kier alpha value is -3.19. The van der Waals surface area contributed by atoms with Crippen LogP contribution in [0, 0.1) is 5.82 Å². The van der Waals surface area contributed by atoms with E-state index in [1.165, 1.54) is 17.8 Å². The van der Waals surface area contributed by atoms with Gasteiger partial charge in [0.1, 0.15) is 11.6 Å². The molecule has 1 aromatic heterocycles. The lowest BCUT2D eigenvalue weighted by Crippen LogP contribution is -2.15. The number of anilines is 2. The highest BCUT2D eigenvalue weighted by Gasteiger charge is 2.09. The minimum atomic E-state index is -0.315. The van der Waals surface area contributed by atoms with Crippen LogP contribution in [0.1, 0.15) is 16.8 Å². The molecule has 7 heteroatoms. The molecule has 0 aliphatic carbocycles. The molecule has 0 bridgehead atoms. The second kappa shape index (κ2) is 9.66. The van der Waals surface area contributed by atoms with Gasteiger partial charge in [-0.25, -0.2) is 9.37 Å². The minimum absolute atomic E-state index is 0.203. The molecule has 0 radical (unpaired) electrons. The number of benzene rings is 2. The van der Waals surface area contributed by atoms with E-state index >= 15 is 0 Å². The summed E-state index contributed by atoms with van der Waals surface area (Å²) in [6, 6.07) is 18.3. The average molecular weight is 395 g/mol. The zero-order chi connectivity index (χ0) is 19.8. The molecule has 0 unspecified atom stereocenters. The van der Waals surface area contributed by atoms with Crippen LogP contribution < -0.4 is 10.6 Å². The molecule has 1 heterocycles. The van der Waals surface area contributed by atoms with Gasteiger partial charge in [-0.1, -0.05) is 24.3 Å². The molecule has 0 fully saturated rings. The standard InChI is InChI=1S/C21H18FN3O2S/c22-17-8-1-2-9-18(17)28-13-11-20(26)24-16-7-5-6-15(14-16)21(27)25-19-10-3-4-12-23-19/h1-10,12,14H,11,13H2,(H,24,26)(H,23,25,27). The number of rotatable bonds is 7. The third-order valence-electron chi connectivity index (χ3n) is 3.74. The second-order valence-electron chi connectivity index (χ2n) is 5.83. The van der Waals surface area contributed by atoms with E-state index in [1.54, 1.807) is 66.9 Å². The Morgan fingerprint density at radius 3 is 2.57 bits per heavy atom. The van der Waals surface area contributed by atoms with Crippen LogP contribution in [-0.2, 0) is 4.79 Å². The SMILES string of the molecule is O=C(CCSc1ccccc1F)Nc1cccc(C(=O)Nc2ccccn2)c1. The topological polar surface area (TPSA) is 71.1 Å². The van der Waals surface area contributed by atoms with E-state index < -0.39 is 0 Å². The minimum Gasteiger partial charge on any atom is -0.326 e. The number of nitrogens with one attached hydrogen (secondary N) is 2. The molecule has 28 heavy (non-hydrogen) atoms. The Morgan fingerprint density at radius 2 is 1.79 bits per heavy atom. The zero-order valence-corrected chi connectivity index (χ0v) is 15.7. The number of nitrogens with zero attached hydrogens (tertiary/aromatic N) is 1. The highest BCUT2D eigenvalue weighted by molar-refractivity contribution is 7.99. The molecule has 2 N–H and O–H groups in total. The molecule has 0 saturated carbocycles. The van der Waals surface area contributed by atoms with Crippen LogP contribution in [0.5, 0.6) is 0 Å². The fraction of sp³-hybridized carbons (Fsp3) is 0.0952. The first kappa shape index (κ1) is 19.6. The van der Waals surface area contributed by atoms with Crippen LogP contribution in [0.3, 0.4) is 0 Å². The zero-order valence-electron chi connectivity index (χ0n) is 14.9. The number of hydrogen-bond acceptors (Lipinski definition) is 4. The van der Waals surface area contributed by atoms with Gasteiger partial charge in [0.05, 0.1) is 0 Å². The molecule has 0 saturated heterocycles. The van der Waals surface area contributed by atoms with Crippen LogP contribution in [0.15, 0.2) is 77.8 Å². The van der Waals surface area contributed by atoms with Crippen LogP contribution >= 0.6 is 11.8 Å². The van der Waals surface area contributed by atoms with Gasteiger partial charge in [-0.15, -0.1) is 11.8 Å². The molecule has 2 amide bonds. The first-order valence-corrected chi connectivity index (χ1v) is 9.60. The van der Waals surface area contributed by atoms with Crippen molar-refractivity contribution in [3.63, 3.8) is 0 Å². The smallest absolute Gasteiger partial charge is 0.256 e. The number of carbonyl (C=O) groups is 2. The largest absolute Gasteiger partial charge is 0.326 e. The van der Waals surface area contributed by atoms with Crippen LogP contribution in [0.4, 0.5) is 15.9 Å². The first-order chi connectivity index (χ1) is 13.6. The summed E-state index contributed by atoms with van der Waals surface area (Å²) < 4.78 is 13.6. The third kappa shape index (κ3) is 5.65. The highest BCUT2D eigenvalue weighted by atomic mass is 32.2. The first-order valence-electron chi connectivity index (χ1n) is 8.61. The van der Waals surface area contributed by atoms with Gasteiger partial charge in [0.2, 0.25) is 5.91 Å². The summed E-state index contributed by atoms with van der Waals surface area (Å²) in [6.07, 6.45) is 1.81. The van der Waals surface area contributed by atoms with Crippen molar-refractivity contribution in [1.29, 1.82) is 0 Å². The molecular formula is C21H18FN3O2S. The van der Waals surface area contributed by atoms with Crippen molar-refractivity contribution in [1.82, 2.24) is 4.98 Å². The summed E-state index contributed by atoms with van der Waals surface area (Å²) in [5, 5.41) is 5.46. The predicted molar refractivity (Wildman–Crippen MR) is 109 cm³/mol. The summed E-state index contributed by atoms with van der Waals surface area (Å²) in [7, 11) is 0. The van der Waals surface area contributed by atoms with Gasteiger partial charge in [-0.05, 0) is 42.5 Å². The van der Waals surface area contributed by atoms with Crippen molar-refractivity contribution in [3.05, 3.63) is 84.3 Å². The maximum absolute atomic E-state index is 13.6. The van der Waals surface area contributed by atoms with E-state index in [-0.39, 0.29) is 24.1 Å². The number of pyridine rings is 1. The monoisotopic (exact) mass is 395 g/mol. The normalized spacial score (nSPS) is 10.3. The second-order valence-corrected chi connectivity index (χ2v) is 6.96. The molecule has 2 aromatic carbocycles. The predicted octanol–water partition coefficient (Wildman–Crippen LogP) is 4.59. The summed E-state index contributed by atoms with van der Waals surface area (Å²) in [4.78, 5) is 29.0. The molecule has 142 valence electrons. The molecule has 0 aliphatic rings. The summed E-state index contributed by atoms with van der Waals surface area (Å²) in [5.41, 5.74) is 0.929. The number of halogens is 1. The van der Waals surface area contributed by atoms with E-state index in [0.29, 0.717) is 27.7 Å². The van der Waals surface area contributed by atoms with Gasteiger partial charge < -0.3 is 10.6 Å². The van der Waals surface area contributed by atoms with E-state index in [4.69, 9.17) is 0 Å². The van der Waals surface area contributed by atoms with Crippen molar-refractivity contribution in [2.45, 2.75) is 11.3 Å². The Morgan fingerprint density at radius 1 is 0.964 bits per heavy atom. The van der Waals surface area contributed by atoms with Gasteiger partial charge >= 0.3 is 0 Å². The lowest BCUT2D eigenvalue weighted by Gasteiger charge is -2.08. The number of hydrogen-bond donors (Lipinski definition) is 2. The summed E-state index contributed by atoms with van der Waals surface area (Å²) in [5.74, 6) is 0.0924. The molecule has 3 rings (SSSR count). The van der Waals surface area contributed by atoms with Crippen molar-refractivity contribution in [2.75, 3.05) is 16.4 Å². The van der Waals surface area contributed by atoms with E-state index in [0.717, 1.165) is 0 Å². The molecule has 0 spiro atoms. The fourth-order valence-electron chi connectivity index (χ4n) is 2.40. The van der Waals surface area contributed by atoms with Gasteiger partial charge in [-0.2, -0.15) is 0 Å².